The van der Waals surface area contributed by atoms with E-state index in [-0.39, 0.29) is 0 Å². The molecule has 0 aliphatic carbocycles. The van der Waals surface area contributed by atoms with E-state index in [0.717, 1.165) is 38.5 Å². The summed E-state index contributed by atoms with van der Waals surface area (Å²) < 4.78 is 28.4. The number of alkyl halides is 1. The molecule has 0 aromatic heterocycles. The van der Waals surface area contributed by atoms with E-state index in [1.807, 2.05) is 0 Å². The highest BCUT2D eigenvalue weighted by atomic mass is 31.2. The summed E-state index contributed by atoms with van der Waals surface area (Å²) in [6, 6.07) is 0. The normalized spacial score (nSPS) is 13.2. The summed E-state index contributed by atoms with van der Waals surface area (Å²) in [6.45, 7) is 6.65. The van der Waals surface area contributed by atoms with E-state index in [1.54, 1.807) is 0 Å². The van der Waals surface area contributed by atoms with E-state index in [1.165, 1.54) is 70.6 Å². The van der Waals surface area contributed by atoms with Crippen molar-refractivity contribution in [2.45, 2.75) is 142 Å². The van der Waals surface area contributed by atoms with Gasteiger partial charge in [-0.3, -0.25) is 0 Å². The highest BCUT2D eigenvalue weighted by molar-refractivity contribution is 7.64. The number of hydrogen-bond donors (Lipinski definition) is 0. The minimum absolute atomic E-state index is 0.534. The van der Waals surface area contributed by atoms with Crippen LogP contribution in [0.5, 0.6) is 0 Å². The molecule has 27 heavy (non-hydrogen) atoms. The molecule has 1 nitrogen and oxygen atoms in total. The van der Waals surface area contributed by atoms with Gasteiger partial charge in [0.15, 0.2) is 5.91 Å². The SMILES string of the molecule is CCCCCCCCP(=O)(CCCCCCCC)C(F)CCCCCCC. The molecule has 0 saturated carbocycles. The van der Waals surface area contributed by atoms with Gasteiger partial charge in [0, 0.05) is 12.3 Å². The van der Waals surface area contributed by atoms with Gasteiger partial charge in [0.25, 0.3) is 0 Å². The van der Waals surface area contributed by atoms with Gasteiger partial charge in [0.2, 0.25) is 0 Å². The predicted octanol–water partition coefficient (Wildman–Crippen LogP) is 9.73. The molecule has 0 rings (SSSR count). The van der Waals surface area contributed by atoms with Crippen molar-refractivity contribution in [3.63, 3.8) is 0 Å². The number of rotatable bonds is 21. The second-order valence-electron chi connectivity index (χ2n) is 8.57. The van der Waals surface area contributed by atoms with Gasteiger partial charge in [-0.25, -0.2) is 4.39 Å². The Morgan fingerprint density at radius 2 is 0.889 bits per heavy atom. The Bertz CT molecular complexity index is 325. The van der Waals surface area contributed by atoms with Crippen LogP contribution >= 0.6 is 7.14 Å². The lowest BCUT2D eigenvalue weighted by atomic mass is 10.1. The zero-order valence-corrected chi connectivity index (χ0v) is 19.8. The molecule has 0 amide bonds. The predicted molar refractivity (Wildman–Crippen MR) is 122 cm³/mol. The van der Waals surface area contributed by atoms with E-state index in [0.29, 0.717) is 18.7 Å². The molecular weight excluding hydrogens is 354 g/mol. The van der Waals surface area contributed by atoms with Gasteiger partial charge in [-0.15, -0.1) is 0 Å². The standard InChI is InChI=1S/C24H50FOP/c1-4-7-10-13-16-19-22-27(26,23-20-17-14-11-8-5-2)24(25)21-18-15-12-9-6-3/h24H,4-23H2,1-3H3. The van der Waals surface area contributed by atoms with Gasteiger partial charge in [-0.05, 0) is 19.3 Å². The van der Waals surface area contributed by atoms with Crippen molar-refractivity contribution in [2.75, 3.05) is 12.3 Å². The first-order valence-corrected chi connectivity index (χ1v) is 14.5. The smallest absolute Gasteiger partial charge is 0.153 e. The first kappa shape index (κ1) is 27.2. The molecular formula is C24H50FOP. The number of unbranched alkanes of at least 4 members (excludes halogenated alkanes) is 14. The molecule has 0 aromatic carbocycles. The maximum absolute atomic E-state index is 15.0. The third kappa shape index (κ3) is 15.7. The van der Waals surface area contributed by atoms with Crippen LogP contribution in [0.2, 0.25) is 0 Å². The Balaban J connectivity index is 4.29. The lowest BCUT2D eigenvalue weighted by molar-refractivity contribution is 0.382. The van der Waals surface area contributed by atoms with Crippen molar-refractivity contribution in [2.24, 2.45) is 0 Å². The summed E-state index contributed by atoms with van der Waals surface area (Å²) in [5.41, 5.74) is 0. The lowest BCUT2D eigenvalue weighted by Gasteiger charge is -2.22. The maximum atomic E-state index is 15.0. The molecule has 0 heterocycles. The minimum Gasteiger partial charge on any atom is -0.321 e. The van der Waals surface area contributed by atoms with Gasteiger partial charge >= 0.3 is 0 Å². The van der Waals surface area contributed by atoms with E-state index >= 15 is 0 Å². The maximum Gasteiger partial charge on any atom is 0.153 e. The quantitative estimate of drug-likeness (QED) is 0.137. The molecule has 164 valence electrons. The molecule has 0 spiro atoms. The zero-order chi connectivity index (χ0) is 20.2. The largest absolute Gasteiger partial charge is 0.321 e. The molecule has 0 N–H and O–H groups in total. The van der Waals surface area contributed by atoms with Gasteiger partial charge in [-0.1, -0.05) is 117 Å². The minimum atomic E-state index is -2.64. The molecule has 0 aromatic rings. The van der Waals surface area contributed by atoms with Crippen LogP contribution in [0.15, 0.2) is 0 Å². The molecule has 0 fully saturated rings. The summed E-state index contributed by atoms with van der Waals surface area (Å²) in [4.78, 5) is 0. The Hall–Kier alpha value is 0.160. The van der Waals surface area contributed by atoms with Crippen LogP contribution in [-0.4, -0.2) is 18.2 Å². The van der Waals surface area contributed by atoms with Crippen molar-refractivity contribution < 1.29 is 8.96 Å². The van der Waals surface area contributed by atoms with Crippen molar-refractivity contribution in [3.8, 4) is 0 Å². The summed E-state index contributed by atoms with van der Waals surface area (Å²) in [5.74, 6) is -1.04. The fourth-order valence-electron chi connectivity index (χ4n) is 3.86. The molecule has 1 unspecified atom stereocenters. The summed E-state index contributed by atoms with van der Waals surface area (Å²) >= 11 is 0. The second-order valence-corrected chi connectivity index (χ2v) is 11.9. The van der Waals surface area contributed by atoms with Crippen molar-refractivity contribution in [1.82, 2.24) is 0 Å². The zero-order valence-electron chi connectivity index (χ0n) is 19.0. The molecule has 0 saturated heterocycles. The molecule has 0 radical (unpaired) electrons. The van der Waals surface area contributed by atoms with Crippen LogP contribution in [0.25, 0.3) is 0 Å². The Morgan fingerprint density at radius 3 is 1.30 bits per heavy atom. The highest BCUT2D eigenvalue weighted by Gasteiger charge is 2.31. The third-order valence-corrected chi connectivity index (χ3v) is 9.26. The van der Waals surface area contributed by atoms with Crippen LogP contribution in [0.4, 0.5) is 4.39 Å². The molecule has 3 heteroatoms. The van der Waals surface area contributed by atoms with E-state index in [2.05, 4.69) is 20.8 Å². The van der Waals surface area contributed by atoms with Gasteiger partial charge in [0.1, 0.15) is 7.14 Å². The average Bonchev–Trinajstić information content (AvgIpc) is 2.67. The summed E-state index contributed by atoms with van der Waals surface area (Å²) in [7, 11) is -2.64. The van der Waals surface area contributed by atoms with E-state index in [4.69, 9.17) is 0 Å². The van der Waals surface area contributed by atoms with Crippen LogP contribution in [0.3, 0.4) is 0 Å². The van der Waals surface area contributed by atoms with Crippen molar-refractivity contribution >= 4 is 7.14 Å². The molecule has 0 aliphatic heterocycles. The average molecular weight is 405 g/mol. The van der Waals surface area contributed by atoms with Crippen LogP contribution in [0.1, 0.15) is 136 Å². The molecule has 0 aliphatic rings. The Kier molecular flexibility index (Phi) is 19.6. The van der Waals surface area contributed by atoms with E-state index < -0.39 is 13.1 Å². The number of hydrogen-bond acceptors (Lipinski definition) is 1. The fraction of sp³-hybridized carbons (Fsp3) is 1.00. The lowest BCUT2D eigenvalue weighted by Crippen LogP contribution is -2.09. The van der Waals surface area contributed by atoms with Crippen LogP contribution < -0.4 is 0 Å². The first-order chi connectivity index (χ1) is 13.1. The summed E-state index contributed by atoms with van der Waals surface area (Å²) in [6.07, 6.45) is 21.8. The third-order valence-electron chi connectivity index (χ3n) is 5.84. The Morgan fingerprint density at radius 1 is 0.556 bits per heavy atom. The van der Waals surface area contributed by atoms with Crippen molar-refractivity contribution in [3.05, 3.63) is 0 Å². The Labute approximate surface area is 171 Å². The number of halogens is 1. The van der Waals surface area contributed by atoms with Gasteiger partial charge in [-0.2, -0.15) is 0 Å². The highest BCUT2D eigenvalue weighted by Crippen LogP contribution is 2.54. The fourth-order valence-corrected chi connectivity index (χ4v) is 6.82. The monoisotopic (exact) mass is 404 g/mol. The van der Waals surface area contributed by atoms with Crippen molar-refractivity contribution in [1.29, 1.82) is 0 Å². The molecule has 0 bridgehead atoms. The van der Waals surface area contributed by atoms with E-state index in [9.17, 15) is 8.96 Å². The topological polar surface area (TPSA) is 17.1 Å². The molecule has 1 atom stereocenters. The van der Waals surface area contributed by atoms with Crippen LogP contribution in [-0.2, 0) is 4.57 Å². The van der Waals surface area contributed by atoms with Crippen LogP contribution in [0, 0.1) is 0 Å². The van der Waals surface area contributed by atoms with Gasteiger partial charge < -0.3 is 4.57 Å². The first-order valence-electron chi connectivity index (χ1n) is 12.3. The second kappa shape index (κ2) is 19.5. The summed E-state index contributed by atoms with van der Waals surface area (Å²) in [5, 5.41) is 0. The van der Waals surface area contributed by atoms with Gasteiger partial charge in [0.05, 0.1) is 0 Å².